The average Bonchev–Trinajstić information content (AvgIpc) is 3.35. The van der Waals surface area contributed by atoms with Gasteiger partial charge in [0, 0.05) is 37.9 Å². The third-order valence-corrected chi connectivity index (χ3v) is 5.85. The van der Waals surface area contributed by atoms with Crippen molar-refractivity contribution in [1.29, 1.82) is 0 Å². The molecule has 0 unspecified atom stereocenters. The van der Waals surface area contributed by atoms with Crippen LogP contribution in [0.25, 0.3) is 11.2 Å². The lowest BCUT2D eigenvalue weighted by Gasteiger charge is -2.19. The van der Waals surface area contributed by atoms with Crippen LogP contribution >= 0.6 is 0 Å². The van der Waals surface area contributed by atoms with Gasteiger partial charge >= 0.3 is 6.03 Å². The maximum atomic E-state index is 12.8. The number of ether oxygens (including phenoxy) is 1. The minimum absolute atomic E-state index is 0.0480. The molecule has 2 amide bonds. The van der Waals surface area contributed by atoms with Gasteiger partial charge in [-0.3, -0.25) is 0 Å². The predicted octanol–water partition coefficient (Wildman–Crippen LogP) is 4.50. The van der Waals surface area contributed by atoms with Crippen molar-refractivity contribution in [3.63, 3.8) is 0 Å². The Morgan fingerprint density at radius 1 is 1.32 bits per heavy atom. The van der Waals surface area contributed by atoms with E-state index in [1.165, 1.54) is 0 Å². The van der Waals surface area contributed by atoms with Gasteiger partial charge in [0.25, 0.3) is 0 Å². The van der Waals surface area contributed by atoms with E-state index < -0.39 is 0 Å². The van der Waals surface area contributed by atoms with E-state index >= 15 is 0 Å². The number of carbonyl (C=O) groups excluding carboxylic acids is 1. The Morgan fingerprint density at radius 2 is 2.16 bits per heavy atom. The zero-order chi connectivity index (χ0) is 22.0. The first kappa shape index (κ1) is 21.2. The SMILES string of the molecule is COc1ccc(NC(=O)N2CC[C@@H](Cc3nc4cccnc4n3CC(C)C)C2)c(C)c1. The Labute approximate surface area is 183 Å². The summed E-state index contributed by atoms with van der Waals surface area (Å²) in [6, 6.07) is 9.59. The van der Waals surface area contributed by atoms with Crippen molar-refractivity contribution >= 4 is 22.9 Å². The maximum absolute atomic E-state index is 12.8. The van der Waals surface area contributed by atoms with E-state index in [9.17, 15) is 4.79 Å². The van der Waals surface area contributed by atoms with Gasteiger partial charge in [0.15, 0.2) is 5.65 Å². The molecule has 0 radical (unpaired) electrons. The molecule has 0 saturated carbocycles. The van der Waals surface area contributed by atoms with Gasteiger partial charge in [0.2, 0.25) is 0 Å². The summed E-state index contributed by atoms with van der Waals surface area (Å²) < 4.78 is 7.50. The van der Waals surface area contributed by atoms with E-state index in [0.29, 0.717) is 11.8 Å². The van der Waals surface area contributed by atoms with Crippen LogP contribution in [0, 0.1) is 18.8 Å². The molecule has 3 aromatic rings. The third kappa shape index (κ3) is 4.65. The average molecular weight is 422 g/mol. The van der Waals surface area contributed by atoms with E-state index in [1.54, 1.807) is 7.11 Å². The van der Waals surface area contributed by atoms with E-state index in [2.05, 4.69) is 28.7 Å². The van der Waals surface area contributed by atoms with Crippen LogP contribution in [-0.2, 0) is 13.0 Å². The molecule has 1 aliphatic rings. The highest BCUT2D eigenvalue weighted by Crippen LogP contribution is 2.26. The van der Waals surface area contributed by atoms with Crippen LogP contribution in [0.15, 0.2) is 36.5 Å². The van der Waals surface area contributed by atoms with Crippen LogP contribution in [0.5, 0.6) is 5.75 Å². The number of amides is 2. The summed E-state index contributed by atoms with van der Waals surface area (Å²) in [4.78, 5) is 24.2. The molecular formula is C24H31N5O2. The summed E-state index contributed by atoms with van der Waals surface area (Å²) in [5.41, 5.74) is 3.70. The normalized spacial score (nSPS) is 16.3. The Hall–Kier alpha value is -3.09. The minimum atomic E-state index is -0.0480. The predicted molar refractivity (Wildman–Crippen MR) is 122 cm³/mol. The number of aromatic nitrogens is 3. The van der Waals surface area contributed by atoms with E-state index in [0.717, 1.165) is 66.5 Å². The summed E-state index contributed by atoms with van der Waals surface area (Å²) >= 11 is 0. The molecule has 0 aliphatic carbocycles. The number of aryl methyl sites for hydroxylation is 1. The topological polar surface area (TPSA) is 72.3 Å². The fourth-order valence-electron chi connectivity index (χ4n) is 4.26. The third-order valence-electron chi connectivity index (χ3n) is 5.85. The molecule has 4 rings (SSSR count). The summed E-state index contributed by atoms with van der Waals surface area (Å²) in [6.07, 6.45) is 3.66. The van der Waals surface area contributed by atoms with Gasteiger partial charge in [-0.15, -0.1) is 0 Å². The number of imidazole rings is 1. The standard InChI is InChI=1S/C24H31N5O2/c1-16(2)14-29-22(26-21-6-5-10-25-23(21)29)13-18-9-11-28(15-18)24(30)27-20-8-7-19(31-4)12-17(20)3/h5-8,10,12,16,18H,9,11,13-15H2,1-4H3,(H,27,30)/t18-/m0/s1. The van der Waals surface area contributed by atoms with Crippen molar-refractivity contribution in [3.8, 4) is 5.75 Å². The van der Waals surface area contributed by atoms with Crippen LogP contribution in [0.4, 0.5) is 10.5 Å². The molecule has 7 nitrogen and oxygen atoms in total. The molecule has 7 heteroatoms. The molecule has 1 saturated heterocycles. The highest BCUT2D eigenvalue weighted by molar-refractivity contribution is 5.90. The van der Waals surface area contributed by atoms with Crippen molar-refractivity contribution < 1.29 is 9.53 Å². The van der Waals surface area contributed by atoms with Crippen molar-refractivity contribution in [3.05, 3.63) is 47.9 Å². The molecule has 1 fully saturated rings. The molecule has 1 atom stereocenters. The van der Waals surface area contributed by atoms with Crippen LogP contribution in [0.3, 0.4) is 0 Å². The summed E-state index contributed by atoms with van der Waals surface area (Å²) in [7, 11) is 1.64. The number of hydrogen-bond acceptors (Lipinski definition) is 4. The zero-order valence-electron chi connectivity index (χ0n) is 18.8. The number of nitrogens with zero attached hydrogens (tertiary/aromatic N) is 4. The van der Waals surface area contributed by atoms with Gasteiger partial charge < -0.3 is 19.5 Å². The number of rotatable bonds is 6. The quantitative estimate of drug-likeness (QED) is 0.636. The summed E-state index contributed by atoms with van der Waals surface area (Å²) in [5.74, 6) is 2.76. The fraction of sp³-hybridized carbons (Fsp3) is 0.458. The second-order valence-corrected chi connectivity index (χ2v) is 8.79. The van der Waals surface area contributed by atoms with Crippen LogP contribution in [0.1, 0.15) is 31.7 Å². The number of hydrogen-bond donors (Lipinski definition) is 1. The number of anilines is 1. The van der Waals surface area contributed by atoms with Crippen molar-refractivity contribution in [2.75, 3.05) is 25.5 Å². The molecule has 0 spiro atoms. The maximum Gasteiger partial charge on any atom is 0.321 e. The molecule has 1 N–H and O–H groups in total. The highest BCUT2D eigenvalue weighted by Gasteiger charge is 2.28. The molecule has 31 heavy (non-hydrogen) atoms. The molecule has 0 bridgehead atoms. The lowest BCUT2D eigenvalue weighted by molar-refractivity contribution is 0.220. The molecular weight excluding hydrogens is 390 g/mol. The van der Waals surface area contributed by atoms with Gasteiger partial charge in [-0.1, -0.05) is 13.8 Å². The first-order valence-corrected chi connectivity index (χ1v) is 10.9. The number of urea groups is 1. The van der Waals surface area contributed by atoms with E-state index in [4.69, 9.17) is 9.72 Å². The number of carbonyl (C=O) groups is 1. The minimum Gasteiger partial charge on any atom is -0.497 e. The smallest absolute Gasteiger partial charge is 0.321 e. The molecule has 1 aromatic carbocycles. The molecule has 164 valence electrons. The first-order valence-electron chi connectivity index (χ1n) is 10.9. The Kier molecular flexibility index (Phi) is 6.11. The lowest BCUT2D eigenvalue weighted by Crippen LogP contribution is -2.33. The fourth-order valence-corrected chi connectivity index (χ4v) is 4.26. The monoisotopic (exact) mass is 421 g/mol. The summed E-state index contributed by atoms with van der Waals surface area (Å²) in [5, 5.41) is 3.05. The number of methoxy groups -OCH3 is 1. The number of nitrogens with one attached hydrogen (secondary N) is 1. The van der Waals surface area contributed by atoms with Crippen molar-refractivity contribution in [2.45, 2.75) is 40.2 Å². The largest absolute Gasteiger partial charge is 0.497 e. The van der Waals surface area contributed by atoms with Gasteiger partial charge in [-0.25, -0.2) is 14.8 Å². The Balaban J connectivity index is 1.43. The Morgan fingerprint density at radius 3 is 2.90 bits per heavy atom. The number of benzene rings is 1. The van der Waals surface area contributed by atoms with Gasteiger partial charge in [0.05, 0.1) is 7.11 Å². The Bertz CT molecular complexity index is 1080. The zero-order valence-corrected chi connectivity index (χ0v) is 18.8. The second kappa shape index (κ2) is 8.96. The van der Waals surface area contributed by atoms with E-state index in [-0.39, 0.29) is 6.03 Å². The van der Waals surface area contributed by atoms with Gasteiger partial charge in [-0.05, 0) is 61.1 Å². The molecule has 3 heterocycles. The first-order chi connectivity index (χ1) is 14.9. The lowest BCUT2D eigenvalue weighted by atomic mass is 10.0. The highest BCUT2D eigenvalue weighted by atomic mass is 16.5. The van der Waals surface area contributed by atoms with Crippen LogP contribution in [0.2, 0.25) is 0 Å². The summed E-state index contributed by atoms with van der Waals surface area (Å²) in [6.45, 7) is 8.78. The number of likely N-dealkylation sites (tertiary alicyclic amines) is 1. The van der Waals surface area contributed by atoms with Gasteiger partial charge in [0.1, 0.15) is 17.1 Å². The van der Waals surface area contributed by atoms with Crippen LogP contribution in [-0.4, -0.2) is 45.7 Å². The molecule has 1 aliphatic heterocycles. The van der Waals surface area contributed by atoms with Crippen LogP contribution < -0.4 is 10.1 Å². The number of pyridine rings is 1. The van der Waals surface area contributed by atoms with Crippen molar-refractivity contribution in [2.24, 2.45) is 11.8 Å². The van der Waals surface area contributed by atoms with E-state index in [1.807, 2.05) is 48.4 Å². The molecule has 2 aromatic heterocycles. The second-order valence-electron chi connectivity index (χ2n) is 8.79. The number of fused-ring (bicyclic) bond motifs is 1. The van der Waals surface area contributed by atoms with Gasteiger partial charge in [-0.2, -0.15) is 0 Å². The van der Waals surface area contributed by atoms with Crippen molar-refractivity contribution in [1.82, 2.24) is 19.4 Å².